The van der Waals surface area contributed by atoms with Gasteiger partial charge in [-0.25, -0.2) is 4.79 Å². The summed E-state index contributed by atoms with van der Waals surface area (Å²) >= 11 is 0. The van der Waals surface area contributed by atoms with E-state index >= 15 is 0 Å². The number of hydrogen-bond acceptors (Lipinski definition) is 4. The van der Waals surface area contributed by atoms with Crippen molar-refractivity contribution in [1.29, 1.82) is 0 Å². The minimum Gasteiger partial charge on any atom is -0.481 e. The summed E-state index contributed by atoms with van der Waals surface area (Å²) in [5, 5.41) is 17.0. The highest BCUT2D eigenvalue weighted by Crippen LogP contribution is 2.05. The standard InChI is InChI=1S/C9H12O6/c1-5(2)9(14)15-4-6(8(12)13)3-7(10)11/h6H,1,3-4H2,2H3,(H,10,11)(H,12,13). The predicted octanol–water partition coefficient (Wildman–Crippen LogP) is 0.281. The van der Waals surface area contributed by atoms with Crippen LogP contribution >= 0.6 is 0 Å². The van der Waals surface area contributed by atoms with Gasteiger partial charge in [-0.15, -0.1) is 0 Å². The van der Waals surface area contributed by atoms with Gasteiger partial charge < -0.3 is 14.9 Å². The van der Waals surface area contributed by atoms with Crippen molar-refractivity contribution in [3.63, 3.8) is 0 Å². The fraction of sp³-hybridized carbons (Fsp3) is 0.444. The first-order valence-corrected chi connectivity index (χ1v) is 4.11. The Kier molecular flexibility index (Phi) is 5.08. The Morgan fingerprint density at radius 3 is 2.20 bits per heavy atom. The molecule has 0 fully saturated rings. The van der Waals surface area contributed by atoms with Crippen LogP contribution in [0.2, 0.25) is 0 Å². The lowest BCUT2D eigenvalue weighted by atomic mass is 10.1. The predicted molar refractivity (Wildman–Crippen MR) is 49.2 cm³/mol. The topological polar surface area (TPSA) is 101 Å². The molecule has 0 aromatic carbocycles. The fourth-order valence-corrected chi connectivity index (χ4v) is 0.728. The molecule has 15 heavy (non-hydrogen) atoms. The Morgan fingerprint density at radius 1 is 1.33 bits per heavy atom. The zero-order valence-corrected chi connectivity index (χ0v) is 8.23. The van der Waals surface area contributed by atoms with Gasteiger partial charge in [0, 0.05) is 5.57 Å². The first-order chi connectivity index (χ1) is 6.84. The summed E-state index contributed by atoms with van der Waals surface area (Å²) in [7, 11) is 0. The third-order valence-corrected chi connectivity index (χ3v) is 1.53. The molecule has 0 aromatic rings. The Balaban J connectivity index is 4.19. The van der Waals surface area contributed by atoms with E-state index in [1.807, 2.05) is 0 Å². The van der Waals surface area contributed by atoms with Crippen molar-refractivity contribution in [2.75, 3.05) is 6.61 Å². The molecule has 6 heteroatoms. The molecule has 0 radical (unpaired) electrons. The summed E-state index contributed by atoms with van der Waals surface area (Å²) in [5.41, 5.74) is 0.134. The zero-order chi connectivity index (χ0) is 12.0. The molecular formula is C9H12O6. The second-order valence-corrected chi connectivity index (χ2v) is 3.01. The number of rotatable bonds is 6. The van der Waals surface area contributed by atoms with Gasteiger partial charge in [-0.3, -0.25) is 9.59 Å². The minimum atomic E-state index is -1.31. The smallest absolute Gasteiger partial charge is 0.333 e. The van der Waals surface area contributed by atoms with Gasteiger partial charge in [-0.1, -0.05) is 6.58 Å². The molecule has 0 aliphatic carbocycles. The zero-order valence-electron chi connectivity index (χ0n) is 8.23. The fourth-order valence-electron chi connectivity index (χ4n) is 0.728. The van der Waals surface area contributed by atoms with E-state index < -0.39 is 36.9 Å². The summed E-state index contributed by atoms with van der Waals surface area (Å²) in [4.78, 5) is 31.7. The maximum atomic E-state index is 10.9. The molecule has 0 amide bonds. The monoisotopic (exact) mass is 216 g/mol. The van der Waals surface area contributed by atoms with Crippen molar-refractivity contribution in [3.8, 4) is 0 Å². The molecule has 84 valence electrons. The maximum absolute atomic E-state index is 10.9. The van der Waals surface area contributed by atoms with Crippen molar-refractivity contribution in [3.05, 3.63) is 12.2 Å². The number of carboxylic acid groups (broad SMARTS) is 2. The molecule has 1 atom stereocenters. The highest BCUT2D eigenvalue weighted by Gasteiger charge is 2.22. The van der Waals surface area contributed by atoms with Gasteiger partial charge in [-0.05, 0) is 6.92 Å². The summed E-state index contributed by atoms with van der Waals surface area (Å²) in [6, 6.07) is 0. The van der Waals surface area contributed by atoms with Crippen molar-refractivity contribution < 1.29 is 29.3 Å². The molecular weight excluding hydrogens is 204 g/mol. The van der Waals surface area contributed by atoms with Crippen LogP contribution in [-0.2, 0) is 19.1 Å². The number of carboxylic acids is 2. The molecule has 0 saturated heterocycles. The molecule has 0 aromatic heterocycles. The summed E-state index contributed by atoms with van der Waals surface area (Å²) in [6.07, 6.45) is -0.585. The first kappa shape index (κ1) is 13.2. The minimum absolute atomic E-state index is 0.134. The SMILES string of the molecule is C=C(C)C(=O)OCC(CC(=O)O)C(=O)O. The summed E-state index contributed by atoms with van der Waals surface area (Å²) < 4.78 is 4.55. The Labute approximate surface area is 86.2 Å². The van der Waals surface area contributed by atoms with E-state index in [1.54, 1.807) is 0 Å². The van der Waals surface area contributed by atoms with E-state index in [1.165, 1.54) is 6.92 Å². The normalized spacial score (nSPS) is 11.5. The first-order valence-electron chi connectivity index (χ1n) is 4.11. The van der Waals surface area contributed by atoms with Gasteiger partial charge in [0.1, 0.15) is 12.5 Å². The molecule has 0 saturated carbocycles. The van der Waals surface area contributed by atoms with Gasteiger partial charge in [0.2, 0.25) is 0 Å². The van der Waals surface area contributed by atoms with Crippen LogP contribution in [0, 0.1) is 5.92 Å². The molecule has 6 nitrogen and oxygen atoms in total. The lowest BCUT2D eigenvalue weighted by Crippen LogP contribution is -2.24. The van der Waals surface area contributed by atoms with Crippen molar-refractivity contribution in [2.24, 2.45) is 5.92 Å². The van der Waals surface area contributed by atoms with Crippen LogP contribution in [0.1, 0.15) is 13.3 Å². The van der Waals surface area contributed by atoms with E-state index in [2.05, 4.69) is 11.3 Å². The molecule has 0 spiro atoms. The lowest BCUT2D eigenvalue weighted by molar-refractivity contribution is -0.153. The Morgan fingerprint density at radius 2 is 1.87 bits per heavy atom. The molecule has 0 heterocycles. The van der Waals surface area contributed by atoms with Crippen LogP contribution in [0.4, 0.5) is 0 Å². The lowest BCUT2D eigenvalue weighted by Gasteiger charge is -2.10. The Bertz CT molecular complexity index is 293. The van der Waals surface area contributed by atoms with Crippen molar-refractivity contribution in [2.45, 2.75) is 13.3 Å². The summed E-state index contributed by atoms with van der Waals surface area (Å²) in [6.45, 7) is 4.25. The van der Waals surface area contributed by atoms with Gasteiger partial charge in [0.25, 0.3) is 0 Å². The molecule has 0 aliphatic heterocycles. The van der Waals surface area contributed by atoms with E-state index in [0.717, 1.165) is 0 Å². The van der Waals surface area contributed by atoms with Crippen molar-refractivity contribution in [1.82, 2.24) is 0 Å². The average molecular weight is 216 g/mol. The number of ether oxygens (including phenoxy) is 1. The van der Waals surface area contributed by atoms with Crippen LogP contribution in [0.5, 0.6) is 0 Å². The van der Waals surface area contributed by atoms with E-state index in [4.69, 9.17) is 10.2 Å². The number of aliphatic carboxylic acids is 2. The highest BCUT2D eigenvalue weighted by molar-refractivity contribution is 5.87. The van der Waals surface area contributed by atoms with E-state index in [0.29, 0.717) is 0 Å². The Hall–Kier alpha value is -1.85. The van der Waals surface area contributed by atoms with Crippen LogP contribution in [-0.4, -0.2) is 34.7 Å². The molecule has 0 rings (SSSR count). The van der Waals surface area contributed by atoms with Crippen LogP contribution in [0.3, 0.4) is 0 Å². The van der Waals surface area contributed by atoms with Gasteiger partial charge in [0.15, 0.2) is 0 Å². The largest absolute Gasteiger partial charge is 0.481 e. The second kappa shape index (κ2) is 5.79. The van der Waals surface area contributed by atoms with Crippen LogP contribution in [0.25, 0.3) is 0 Å². The molecule has 1 unspecified atom stereocenters. The second-order valence-electron chi connectivity index (χ2n) is 3.01. The summed E-state index contributed by atoms with van der Waals surface area (Å²) in [5.74, 6) is -4.53. The average Bonchev–Trinajstić information content (AvgIpc) is 2.10. The number of carbonyl (C=O) groups excluding carboxylic acids is 1. The van der Waals surface area contributed by atoms with Gasteiger partial charge in [-0.2, -0.15) is 0 Å². The maximum Gasteiger partial charge on any atom is 0.333 e. The van der Waals surface area contributed by atoms with Gasteiger partial charge in [0.05, 0.1) is 6.42 Å². The number of hydrogen-bond donors (Lipinski definition) is 2. The third-order valence-electron chi connectivity index (χ3n) is 1.53. The van der Waals surface area contributed by atoms with E-state index in [-0.39, 0.29) is 5.57 Å². The molecule has 0 bridgehead atoms. The number of esters is 1. The number of carbonyl (C=O) groups is 3. The van der Waals surface area contributed by atoms with Crippen LogP contribution in [0.15, 0.2) is 12.2 Å². The van der Waals surface area contributed by atoms with Crippen LogP contribution < -0.4 is 0 Å². The quantitative estimate of drug-likeness (QED) is 0.488. The molecule has 0 aliphatic rings. The van der Waals surface area contributed by atoms with E-state index in [9.17, 15) is 14.4 Å². The third kappa shape index (κ3) is 5.45. The molecule has 2 N–H and O–H groups in total. The highest BCUT2D eigenvalue weighted by atomic mass is 16.5. The van der Waals surface area contributed by atoms with Crippen molar-refractivity contribution >= 4 is 17.9 Å². The van der Waals surface area contributed by atoms with Gasteiger partial charge >= 0.3 is 17.9 Å².